The van der Waals surface area contributed by atoms with Gasteiger partial charge in [0.05, 0.1) is 11.0 Å². The van der Waals surface area contributed by atoms with E-state index in [-0.39, 0.29) is 11.0 Å². The van der Waals surface area contributed by atoms with E-state index in [1.807, 2.05) is 67.6 Å². The first-order valence-corrected chi connectivity index (χ1v) is 11.1. The van der Waals surface area contributed by atoms with Gasteiger partial charge in [-0.1, -0.05) is 37.6 Å². The van der Waals surface area contributed by atoms with E-state index in [1.165, 1.54) is 5.56 Å². The van der Waals surface area contributed by atoms with Crippen molar-refractivity contribution in [2.45, 2.75) is 26.7 Å². The number of carbonyl (C=O) groups excluding carboxylic acids is 1. The Hall–Kier alpha value is -3.22. The second-order valence-corrected chi connectivity index (χ2v) is 8.78. The third-order valence-corrected chi connectivity index (χ3v) is 5.86. The topological polar surface area (TPSA) is 69.8 Å². The molecule has 0 atom stereocenters. The van der Waals surface area contributed by atoms with Gasteiger partial charge in [-0.3, -0.25) is 10.1 Å². The molecule has 0 aliphatic rings. The summed E-state index contributed by atoms with van der Waals surface area (Å²) in [6.07, 6.45) is 0. The zero-order valence-corrected chi connectivity index (χ0v) is 19.6. The summed E-state index contributed by atoms with van der Waals surface area (Å²) in [5.74, 6) is 0.930. The van der Waals surface area contributed by atoms with Crippen LogP contribution in [0.2, 0.25) is 5.02 Å². The van der Waals surface area contributed by atoms with Crippen molar-refractivity contribution in [2.75, 3.05) is 5.32 Å². The van der Waals surface area contributed by atoms with Gasteiger partial charge in [-0.05, 0) is 84.7 Å². The molecule has 4 aromatic rings. The Labute approximate surface area is 197 Å². The molecule has 1 amide bonds. The minimum Gasteiger partial charge on any atom is -0.338 e. The van der Waals surface area contributed by atoms with E-state index in [4.69, 9.17) is 23.8 Å². The molecule has 1 aromatic heterocycles. The monoisotopic (exact) mass is 462 g/mol. The van der Waals surface area contributed by atoms with Crippen molar-refractivity contribution in [2.24, 2.45) is 0 Å². The molecule has 4 rings (SSSR count). The number of aromatic nitrogens is 2. The Morgan fingerprint density at radius 1 is 1.06 bits per heavy atom. The van der Waals surface area contributed by atoms with E-state index < -0.39 is 0 Å². The van der Waals surface area contributed by atoms with Gasteiger partial charge in [0, 0.05) is 21.8 Å². The molecule has 0 fully saturated rings. The lowest BCUT2D eigenvalue weighted by Crippen LogP contribution is -2.34. The highest BCUT2D eigenvalue weighted by Gasteiger charge is 2.10. The number of fused-ring (bicyclic) bond motifs is 1. The predicted molar refractivity (Wildman–Crippen MR) is 135 cm³/mol. The van der Waals surface area contributed by atoms with Gasteiger partial charge in [-0.2, -0.15) is 0 Å². The van der Waals surface area contributed by atoms with Gasteiger partial charge in [-0.15, -0.1) is 0 Å². The maximum Gasteiger partial charge on any atom is 0.257 e. The first kappa shape index (κ1) is 22.0. The SMILES string of the molecule is Cc1cc2[nH]c(-c3ccc(NC(=S)NC(=O)c4ccc(C(C)C)cc4)cc3)nc2cc1Cl. The van der Waals surface area contributed by atoms with Crippen molar-refractivity contribution < 1.29 is 4.79 Å². The molecule has 0 bridgehead atoms. The summed E-state index contributed by atoms with van der Waals surface area (Å²) in [6, 6.07) is 19.0. The standard InChI is InChI=1S/C25H23ClN4OS/c1-14(2)16-4-6-18(7-5-16)24(31)30-25(32)27-19-10-8-17(9-11-19)23-28-21-12-15(3)20(26)13-22(21)29-23/h4-14H,1-3H3,(H,28,29)(H2,27,30,31,32). The van der Waals surface area contributed by atoms with E-state index in [2.05, 4.69) is 34.4 Å². The Morgan fingerprint density at radius 3 is 2.41 bits per heavy atom. The molecular formula is C25H23ClN4OS. The van der Waals surface area contributed by atoms with E-state index >= 15 is 0 Å². The fourth-order valence-corrected chi connectivity index (χ4v) is 3.71. The van der Waals surface area contributed by atoms with Crippen LogP contribution in [0.5, 0.6) is 0 Å². The van der Waals surface area contributed by atoms with Gasteiger partial charge in [0.25, 0.3) is 5.91 Å². The number of rotatable bonds is 4. The number of nitrogens with one attached hydrogen (secondary N) is 3. The number of amides is 1. The van der Waals surface area contributed by atoms with Gasteiger partial charge in [0.1, 0.15) is 5.82 Å². The molecule has 0 aliphatic heterocycles. The maximum absolute atomic E-state index is 12.4. The molecule has 0 aliphatic carbocycles. The number of nitrogens with zero attached hydrogens (tertiary/aromatic N) is 1. The molecule has 0 unspecified atom stereocenters. The smallest absolute Gasteiger partial charge is 0.257 e. The lowest BCUT2D eigenvalue weighted by Gasteiger charge is -2.11. The number of aromatic amines is 1. The van der Waals surface area contributed by atoms with E-state index in [0.717, 1.165) is 33.7 Å². The number of carbonyl (C=O) groups is 1. The van der Waals surface area contributed by atoms with Crippen LogP contribution < -0.4 is 10.6 Å². The van der Waals surface area contributed by atoms with Crippen LogP contribution in [0.3, 0.4) is 0 Å². The molecule has 3 N–H and O–H groups in total. The summed E-state index contributed by atoms with van der Waals surface area (Å²) in [5.41, 5.74) is 6.21. The molecule has 0 saturated carbocycles. The summed E-state index contributed by atoms with van der Waals surface area (Å²) >= 11 is 11.5. The highest BCUT2D eigenvalue weighted by atomic mass is 35.5. The molecule has 162 valence electrons. The molecule has 0 spiro atoms. The average molecular weight is 463 g/mol. The van der Waals surface area contributed by atoms with Crippen LogP contribution >= 0.6 is 23.8 Å². The molecule has 1 heterocycles. The normalized spacial score (nSPS) is 11.0. The van der Waals surface area contributed by atoms with Crippen LogP contribution in [-0.2, 0) is 0 Å². The third-order valence-electron chi connectivity index (χ3n) is 5.25. The summed E-state index contributed by atoms with van der Waals surface area (Å²) in [4.78, 5) is 20.4. The quantitative estimate of drug-likeness (QED) is 0.305. The predicted octanol–water partition coefficient (Wildman–Crippen LogP) is 6.44. The zero-order chi connectivity index (χ0) is 22.8. The fraction of sp³-hybridized carbons (Fsp3) is 0.160. The van der Waals surface area contributed by atoms with Gasteiger partial charge >= 0.3 is 0 Å². The van der Waals surface area contributed by atoms with Crippen molar-refractivity contribution >= 4 is 51.6 Å². The van der Waals surface area contributed by atoms with Crippen molar-refractivity contribution in [3.8, 4) is 11.4 Å². The summed E-state index contributed by atoms with van der Waals surface area (Å²) < 4.78 is 0. The van der Waals surface area contributed by atoms with Crippen molar-refractivity contribution in [1.82, 2.24) is 15.3 Å². The fourth-order valence-electron chi connectivity index (χ4n) is 3.34. The van der Waals surface area contributed by atoms with Crippen LogP contribution in [0.15, 0.2) is 60.7 Å². The molecule has 0 saturated heterocycles. The minimum absolute atomic E-state index is 0.240. The summed E-state index contributed by atoms with van der Waals surface area (Å²) in [6.45, 7) is 6.19. The van der Waals surface area contributed by atoms with Crippen molar-refractivity contribution in [1.29, 1.82) is 0 Å². The van der Waals surface area contributed by atoms with Crippen LogP contribution in [0.1, 0.15) is 41.3 Å². The maximum atomic E-state index is 12.4. The second kappa shape index (κ2) is 9.10. The van der Waals surface area contributed by atoms with Gasteiger partial charge < -0.3 is 10.3 Å². The number of hydrogen-bond donors (Lipinski definition) is 3. The summed E-state index contributed by atoms with van der Waals surface area (Å²) in [5, 5.41) is 6.70. The second-order valence-electron chi connectivity index (χ2n) is 7.97. The first-order valence-electron chi connectivity index (χ1n) is 10.3. The van der Waals surface area contributed by atoms with Crippen molar-refractivity contribution in [3.63, 3.8) is 0 Å². The lowest BCUT2D eigenvalue weighted by molar-refractivity contribution is 0.0977. The number of halogens is 1. The Bertz CT molecular complexity index is 1260. The molecule has 0 radical (unpaired) electrons. The minimum atomic E-state index is -0.245. The van der Waals surface area contributed by atoms with Gasteiger partial charge in [-0.25, -0.2) is 4.98 Å². The van der Waals surface area contributed by atoms with Crippen LogP contribution in [-0.4, -0.2) is 21.0 Å². The Morgan fingerprint density at radius 2 is 1.75 bits per heavy atom. The van der Waals surface area contributed by atoms with Gasteiger partial charge in [0.15, 0.2) is 5.11 Å². The van der Waals surface area contributed by atoms with E-state index in [1.54, 1.807) is 0 Å². The number of hydrogen-bond acceptors (Lipinski definition) is 3. The molecule has 3 aromatic carbocycles. The number of imidazole rings is 1. The van der Waals surface area contributed by atoms with Gasteiger partial charge in [0.2, 0.25) is 0 Å². The molecule has 5 nitrogen and oxygen atoms in total. The highest BCUT2D eigenvalue weighted by Crippen LogP contribution is 2.26. The molecule has 7 heteroatoms. The van der Waals surface area contributed by atoms with E-state index in [9.17, 15) is 4.79 Å². The molecular weight excluding hydrogens is 440 g/mol. The number of anilines is 1. The number of thiocarbonyl (C=S) groups is 1. The van der Waals surface area contributed by atoms with Crippen LogP contribution in [0.25, 0.3) is 22.4 Å². The Kier molecular flexibility index (Phi) is 6.26. The van der Waals surface area contributed by atoms with Crippen LogP contribution in [0.4, 0.5) is 5.69 Å². The summed E-state index contributed by atoms with van der Waals surface area (Å²) in [7, 11) is 0. The van der Waals surface area contributed by atoms with E-state index in [0.29, 0.717) is 16.5 Å². The lowest BCUT2D eigenvalue weighted by atomic mass is 10.0. The number of benzene rings is 3. The van der Waals surface area contributed by atoms with Crippen molar-refractivity contribution in [3.05, 3.63) is 82.4 Å². The number of H-pyrrole nitrogens is 1. The average Bonchev–Trinajstić information content (AvgIpc) is 3.17. The third kappa shape index (κ3) is 4.82. The Balaban J connectivity index is 1.41. The molecule has 32 heavy (non-hydrogen) atoms. The number of aryl methyl sites for hydroxylation is 1. The zero-order valence-electron chi connectivity index (χ0n) is 18.0. The first-order chi connectivity index (χ1) is 15.3. The van der Waals surface area contributed by atoms with Crippen LogP contribution in [0, 0.1) is 6.92 Å². The highest BCUT2D eigenvalue weighted by molar-refractivity contribution is 7.80. The largest absolute Gasteiger partial charge is 0.338 e.